The fourth-order valence-corrected chi connectivity index (χ4v) is 3.06. The van der Waals surface area contributed by atoms with E-state index in [0.29, 0.717) is 13.3 Å². The zero-order valence-electron chi connectivity index (χ0n) is 11.5. The van der Waals surface area contributed by atoms with Crippen molar-refractivity contribution >= 4 is 0 Å². The maximum Gasteiger partial charge on any atom is 0.231 e. The number of likely N-dealkylation sites (tertiary alicyclic amines) is 1. The summed E-state index contributed by atoms with van der Waals surface area (Å²) in [6, 6.07) is 6.21. The average molecular weight is 262 g/mol. The molecule has 0 amide bonds. The Hall–Kier alpha value is -1.26. The van der Waals surface area contributed by atoms with Gasteiger partial charge in [-0.05, 0) is 57.0 Å². The van der Waals surface area contributed by atoms with Crippen molar-refractivity contribution in [1.29, 1.82) is 0 Å². The standard InChI is InChI=1S/C15H22N2O2/c1-15(10-16,17-6-2-3-7-17)9-12-4-5-13-14(8-12)19-11-18-13/h4-5,8H,2-3,6-7,9-11,16H2,1H3. The summed E-state index contributed by atoms with van der Waals surface area (Å²) >= 11 is 0. The highest BCUT2D eigenvalue weighted by atomic mass is 16.7. The molecule has 1 aromatic rings. The highest BCUT2D eigenvalue weighted by Gasteiger charge is 2.32. The quantitative estimate of drug-likeness (QED) is 0.898. The van der Waals surface area contributed by atoms with Gasteiger partial charge in [0.2, 0.25) is 6.79 Å². The molecule has 1 fully saturated rings. The van der Waals surface area contributed by atoms with Crippen molar-refractivity contribution in [1.82, 2.24) is 4.90 Å². The van der Waals surface area contributed by atoms with Crippen LogP contribution in [0.15, 0.2) is 18.2 Å². The van der Waals surface area contributed by atoms with Crippen molar-refractivity contribution in [2.75, 3.05) is 26.4 Å². The average Bonchev–Trinajstić information content (AvgIpc) is 3.09. The molecule has 0 spiro atoms. The zero-order chi connectivity index (χ0) is 13.3. The lowest BCUT2D eigenvalue weighted by Crippen LogP contribution is -2.51. The highest BCUT2D eigenvalue weighted by Crippen LogP contribution is 2.34. The molecule has 19 heavy (non-hydrogen) atoms. The first-order chi connectivity index (χ1) is 9.21. The molecule has 4 heteroatoms. The Morgan fingerprint density at radius 3 is 2.68 bits per heavy atom. The predicted molar refractivity (Wildman–Crippen MR) is 74.5 cm³/mol. The van der Waals surface area contributed by atoms with Gasteiger partial charge >= 0.3 is 0 Å². The minimum Gasteiger partial charge on any atom is -0.454 e. The van der Waals surface area contributed by atoms with Crippen molar-refractivity contribution in [2.24, 2.45) is 5.73 Å². The molecule has 1 saturated heterocycles. The van der Waals surface area contributed by atoms with Gasteiger partial charge in [-0.1, -0.05) is 6.07 Å². The lowest BCUT2D eigenvalue weighted by atomic mass is 9.91. The lowest BCUT2D eigenvalue weighted by molar-refractivity contribution is 0.143. The lowest BCUT2D eigenvalue weighted by Gasteiger charge is -2.38. The van der Waals surface area contributed by atoms with Gasteiger partial charge in [0.25, 0.3) is 0 Å². The van der Waals surface area contributed by atoms with Gasteiger partial charge in [-0.2, -0.15) is 0 Å². The van der Waals surface area contributed by atoms with Gasteiger partial charge in [-0.15, -0.1) is 0 Å². The molecule has 0 bridgehead atoms. The third-order valence-electron chi connectivity index (χ3n) is 4.33. The van der Waals surface area contributed by atoms with E-state index in [1.165, 1.54) is 18.4 Å². The van der Waals surface area contributed by atoms with E-state index in [1.54, 1.807) is 0 Å². The highest BCUT2D eigenvalue weighted by molar-refractivity contribution is 5.44. The van der Waals surface area contributed by atoms with Crippen LogP contribution >= 0.6 is 0 Å². The molecular formula is C15H22N2O2. The minimum absolute atomic E-state index is 0.0458. The Bertz CT molecular complexity index is 457. The van der Waals surface area contributed by atoms with E-state index in [9.17, 15) is 0 Å². The van der Waals surface area contributed by atoms with Crippen LogP contribution in [0.4, 0.5) is 0 Å². The third kappa shape index (κ3) is 2.42. The van der Waals surface area contributed by atoms with Crippen molar-refractivity contribution in [3.05, 3.63) is 23.8 Å². The number of ether oxygens (including phenoxy) is 2. The summed E-state index contributed by atoms with van der Waals surface area (Å²) in [5.41, 5.74) is 7.36. The van der Waals surface area contributed by atoms with E-state index in [4.69, 9.17) is 15.2 Å². The summed E-state index contributed by atoms with van der Waals surface area (Å²) in [6.07, 6.45) is 3.54. The third-order valence-corrected chi connectivity index (χ3v) is 4.33. The van der Waals surface area contributed by atoms with E-state index in [0.717, 1.165) is 31.0 Å². The molecule has 1 aromatic carbocycles. The second-order valence-corrected chi connectivity index (χ2v) is 5.76. The molecule has 4 nitrogen and oxygen atoms in total. The number of hydrogen-bond donors (Lipinski definition) is 1. The van der Waals surface area contributed by atoms with Crippen LogP contribution in [-0.2, 0) is 6.42 Å². The number of benzene rings is 1. The molecule has 1 unspecified atom stereocenters. The summed E-state index contributed by atoms with van der Waals surface area (Å²) < 4.78 is 10.8. The Labute approximate surface area is 114 Å². The Morgan fingerprint density at radius 2 is 1.95 bits per heavy atom. The van der Waals surface area contributed by atoms with Gasteiger partial charge in [0, 0.05) is 12.1 Å². The summed E-state index contributed by atoms with van der Waals surface area (Å²) in [5.74, 6) is 1.71. The van der Waals surface area contributed by atoms with Crippen LogP contribution in [0, 0.1) is 0 Å². The van der Waals surface area contributed by atoms with Crippen LogP contribution in [0.3, 0.4) is 0 Å². The van der Waals surface area contributed by atoms with Crippen molar-refractivity contribution < 1.29 is 9.47 Å². The van der Waals surface area contributed by atoms with Crippen LogP contribution in [0.2, 0.25) is 0 Å². The number of hydrogen-bond acceptors (Lipinski definition) is 4. The van der Waals surface area contributed by atoms with Gasteiger partial charge in [-0.3, -0.25) is 4.90 Å². The van der Waals surface area contributed by atoms with Crippen molar-refractivity contribution in [3.8, 4) is 11.5 Å². The zero-order valence-corrected chi connectivity index (χ0v) is 11.5. The van der Waals surface area contributed by atoms with Gasteiger partial charge in [-0.25, -0.2) is 0 Å². The fourth-order valence-electron chi connectivity index (χ4n) is 3.06. The van der Waals surface area contributed by atoms with Gasteiger partial charge in [0.1, 0.15) is 0 Å². The maximum atomic E-state index is 6.05. The Balaban J connectivity index is 1.78. The molecule has 2 heterocycles. The second kappa shape index (κ2) is 5.02. The van der Waals surface area contributed by atoms with Crippen LogP contribution in [0.5, 0.6) is 11.5 Å². The molecule has 2 N–H and O–H groups in total. The van der Waals surface area contributed by atoms with Crippen molar-refractivity contribution in [2.45, 2.75) is 31.7 Å². The van der Waals surface area contributed by atoms with Crippen LogP contribution in [0.1, 0.15) is 25.3 Å². The number of rotatable bonds is 4. The van der Waals surface area contributed by atoms with E-state index in [-0.39, 0.29) is 5.54 Å². The molecule has 0 saturated carbocycles. The van der Waals surface area contributed by atoms with E-state index in [2.05, 4.69) is 24.0 Å². The molecule has 0 aliphatic carbocycles. The molecule has 104 valence electrons. The summed E-state index contributed by atoms with van der Waals surface area (Å²) in [5, 5.41) is 0. The first-order valence-electron chi connectivity index (χ1n) is 7.05. The summed E-state index contributed by atoms with van der Waals surface area (Å²) in [6.45, 7) is 5.61. The molecule has 0 aromatic heterocycles. The number of fused-ring (bicyclic) bond motifs is 1. The van der Waals surface area contributed by atoms with Crippen molar-refractivity contribution in [3.63, 3.8) is 0 Å². The smallest absolute Gasteiger partial charge is 0.231 e. The number of nitrogens with zero attached hydrogens (tertiary/aromatic N) is 1. The van der Waals surface area contributed by atoms with E-state index < -0.39 is 0 Å². The monoisotopic (exact) mass is 262 g/mol. The Morgan fingerprint density at radius 1 is 1.21 bits per heavy atom. The predicted octanol–water partition coefficient (Wildman–Crippen LogP) is 1.77. The molecular weight excluding hydrogens is 240 g/mol. The molecule has 2 aliphatic rings. The first kappa shape index (κ1) is 12.8. The van der Waals surface area contributed by atoms with E-state index >= 15 is 0 Å². The summed E-state index contributed by atoms with van der Waals surface area (Å²) in [4.78, 5) is 2.53. The van der Waals surface area contributed by atoms with Crippen LogP contribution in [-0.4, -0.2) is 36.9 Å². The second-order valence-electron chi connectivity index (χ2n) is 5.76. The minimum atomic E-state index is 0.0458. The normalized spacial score (nSPS) is 21.6. The number of nitrogens with two attached hydrogens (primary N) is 1. The van der Waals surface area contributed by atoms with Crippen LogP contribution in [0.25, 0.3) is 0 Å². The molecule has 3 rings (SSSR count). The van der Waals surface area contributed by atoms with Gasteiger partial charge < -0.3 is 15.2 Å². The molecule has 0 radical (unpaired) electrons. The van der Waals surface area contributed by atoms with Crippen LogP contribution < -0.4 is 15.2 Å². The van der Waals surface area contributed by atoms with Gasteiger partial charge in [0.15, 0.2) is 11.5 Å². The Kier molecular flexibility index (Phi) is 3.37. The summed E-state index contributed by atoms with van der Waals surface area (Å²) in [7, 11) is 0. The maximum absolute atomic E-state index is 6.05. The van der Waals surface area contributed by atoms with Gasteiger partial charge in [0.05, 0.1) is 0 Å². The largest absolute Gasteiger partial charge is 0.454 e. The first-order valence-corrected chi connectivity index (χ1v) is 7.05. The fraction of sp³-hybridized carbons (Fsp3) is 0.600. The van der Waals surface area contributed by atoms with E-state index in [1.807, 2.05) is 6.07 Å². The molecule has 2 aliphatic heterocycles. The topological polar surface area (TPSA) is 47.7 Å². The SMILES string of the molecule is CC(CN)(Cc1ccc2c(c1)OCO2)N1CCCC1. The molecule has 1 atom stereocenters.